The van der Waals surface area contributed by atoms with Crippen LogP contribution in [0.25, 0.3) is 0 Å². The molecule has 28 heavy (non-hydrogen) atoms. The Hall–Kier alpha value is -3.14. The van der Waals surface area contributed by atoms with Crippen LogP contribution in [0.3, 0.4) is 0 Å². The third-order valence-electron chi connectivity index (χ3n) is 4.26. The highest BCUT2D eigenvalue weighted by molar-refractivity contribution is 5.99. The van der Waals surface area contributed by atoms with Crippen LogP contribution in [0.5, 0.6) is 0 Å². The number of carboxylic acids is 1. The maximum absolute atomic E-state index is 12.6. The number of unbranched alkanes of at least 4 members (excludes halogenated alkanes) is 1. The van der Waals surface area contributed by atoms with Crippen molar-refractivity contribution >= 4 is 17.9 Å². The van der Waals surface area contributed by atoms with Crippen molar-refractivity contribution in [3.8, 4) is 6.07 Å². The number of hydrogen-bond donors (Lipinski definition) is 1. The molecule has 1 unspecified atom stereocenters. The summed E-state index contributed by atoms with van der Waals surface area (Å²) in [6.45, 7) is 5.37. The Balaban J connectivity index is 2.99. The lowest BCUT2D eigenvalue weighted by molar-refractivity contribution is -0.168. The Morgan fingerprint density at radius 2 is 1.89 bits per heavy atom. The van der Waals surface area contributed by atoms with Crippen LogP contribution in [0.4, 0.5) is 0 Å². The summed E-state index contributed by atoms with van der Waals surface area (Å²) in [5, 5.41) is 18.8. The van der Waals surface area contributed by atoms with Crippen LogP contribution in [-0.4, -0.2) is 36.2 Å². The fourth-order valence-corrected chi connectivity index (χ4v) is 2.78. The predicted molar refractivity (Wildman–Crippen MR) is 101 cm³/mol. The molecule has 0 fully saturated rings. The monoisotopic (exact) mass is 387 g/mol. The minimum Gasteiger partial charge on any atom is -0.480 e. The smallest absolute Gasteiger partial charge is 0.324 e. The largest absolute Gasteiger partial charge is 0.480 e. The van der Waals surface area contributed by atoms with E-state index in [1.165, 1.54) is 6.08 Å². The molecule has 1 aromatic carbocycles. The number of hydrogen-bond acceptors (Lipinski definition) is 6. The molecule has 0 amide bonds. The number of carbonyl (C=O) groups excluding carboxylic acids is 2. The molecule has 1 rings (SSSR count). The average Bonchev–Trinajstić information content (AvgIpc) is 2.68. The maximum atomic E-state index is 12.6. The topological polar surface area (TPSA) is 114 Å². The number of nitriles is 1. The van der Waals surface area contributed by atoms with Crippen LogP contribution in [0.2, 0.25) is 0 Å². The van der Waals surface area contributed by atoms with Crippen molar-refractivity contribution in [1.82, 2.24) is 0 Å². The lowest BCUT2D eigenvalue weighted by atomic mass is 9.77. The number of carbonyl (C=O) groups is 3. The normalized spacial score (nSPS) is 12.3. The molecule has 1 atom stereocenters. The van der Waals surface area contributed by atoms with Gasteiger partial charge in [0.25, 0.3) is 0 Å². The van der Waals surface area contributed by atoms with E-state index in [1.54, 1.807) is 31.2 Å². The van der Waals surface area contributed by atoms with E-state index in [1.807, 2.05) is 6.07 Å². The van der Waals surface area contributed by atoms with Crippen LogP contribution < -0.4 is 0 Å². The molecule has 0 aliphatic carbocycles. The van der Waals surface area contributed by atoms with E-state index in [4.69, 9.17) is 14.7 Å². The Labute approximate surface area is 164 Å². The fraction of sp³-hybridized carbons (Fsp3) is 0.429. The quantitative estimate of drug-likeness (QED) is 0.254. The van der Waals surface area contributed by atoms with Gasteiger partial charge >= 0.3 is 17.9 Å². The molecular formula is C21H25NO6. The lowest BCUT2D eigenvalue weighted by Crippen LogP contribution is -2.43. The van der Waals surface area contributed by atoms with Gasteiger partial charge in [0, 0.05) is 6.42 Å². The van der Waals surface area contributed by atoms with Gasteiger partial charge in [0.2, 0.25) is 0 Å². The van der Waals surface area contributed by atoms with Crippen LogP contribution in [0.1, 0.15) is 43.7 Å². The van der Waals surface area contributed by atoms with Gasteiger partial charge in [-0.1, -0.05) is 31.2 Å². The average molecular weight is 387 g/mol. The second kappa shape index (κ2) is 11.5. The highest BCUT2D eigenvalue weighted by atomic mass is 16.5. The Morgan fingerprint density at radius 1 is 1.21 bits per heavy atom. The number of ether oxygens (including phenoxy) is 2. The summed E-state index contributed by atoms with van der Waals surface area (Å²) in [7, 11) is 0. The molecular weight excluding hydrogens is 362 g/mol. The first kappa shape index (κ1) is 22.9. The zero-order valence-corrected chi connectivity index (χ0v) is 16.0. The zero-order chi connectivity index (χ0) is 21.0. The molecule has 0 bridgehead atoms. The van der Waals surface area contributed by atoms with Gasteiger partial charge < -0.3 is 14.6 Å². The Morgan fingerprint density at radius 3 is 2.43 bits per heavy atom. The van der Waals surface area contributed by atoms with Gasteiger partial charge in [0.05, 0.1) is 18.2 Å². The molecule has 7 heteroatoms. The second-order valence-electron chi connectivity index (χ2n) is 6.27. The first-order chi connectivity index (χ1) is 13.4. The summed E-state index contributed by atoms with van der Waals surface area (Å²) in [5.41, 5.74) is -0.748. The van der Waals surface area contributed by atoms with Crippen molar-refractivity contribution in [2.45, 2.75) is 39.0 Å². The number of rotatable bonds is 12. The summed E-state index contributed by atoms with van der Waals surface area (Å²) in [4.78, 5) is 36.2. The molecule has 0 saturated carbocycles. The lowest BCUT2D eigenvalue weighted by Gasteiger charge is -2.27. The summed E-state index contributed by atoms with van der Waals surface area (Å²) >= 11 is 0. The molecule has 0 aliphatic rings. The van der Waals surface area contributed by atoms with Gasteiger partial charge in [-0.15, -0.1) is 0 Å². The van der Waals surface area contributed by atoms with Crippen molar-refractivity contribution in [2.75, 3.05) is 13.2 Å². The summed E-state index contributed by atoms with van der Waals surface area (Å²) in [6.07, 6.45) is 2.19. The van der Waals surface area contributed by atoms with Crippen molar-refractivity contribution < 1.29 is 29.0 Å². The minimum absolute atomic E-state index is 0.0116. The standard InChI is InChI=1S/C21H25NO6/c1-3-13-28-20(26)21(19(24)25,12-6-5-7-18(23)27-4-2)14-16-8-10-17(15-22)11-9-16/h3,8-11H,1,4-7,12-14H2,2H3,(H,24,25). The highest BCUT2D eigenvalue weighted by Gasteiger charge is 2.47. The molecule has 0 radical (unpaired) electrons. The van der Waals surface area contributed by atoms with Gasteiger partial charge in [-0.25, -0.2) is 0 Å². The van der Waals surface area contributed by atoms with Gasteiger partial charge in [0.15, 0.2) is 5.41 Å². The maximum Gasteiger partial charge on any atom is 0.324 e. The zero-order valence-electron chi connectivity index (χ0n) is 16.0. The van der Waals surface area contributed by atoms with Crippen LogP contribution in [0.15, 0.2) is 36.9 Å². The van der Waals surface area contributed by atoms with E-state index >= 15 is 0 Å². The molecule has 0 spiro atoms. The number of carboxylic acid groups (broad SMARTS) is 1. The van der Waals surface area contributed by atoms with Crippen molar-refractivity contribution in [1.29, 1.82) is 5.26 Å². The van der Waals surface area contributed by atoms with Crippen molar-refractivity contribution in [3.63, 3.8) is 0 Å². The predicted octanol–water partition coefficient (Wildman–Crippen LogP) is 3.02. The van der Waals surface area contributed by atoms with E-state index in [9.17, 15) is 19.5 Å². The van der Waals surface area contributed by atoms with Crippen LogP contribution >= 0.6 is 0 Å². The van der Waals surface area contributed by atoms with Crippen LogP contribution in [-0.2, 0) is 30.3 Å². The third kappa shape index (κ3) is 6.54. The molecule has 7 nitrogen and oxygen atoms in total. The summed E-state index contributed by atoms with van der Waals surface area (Å²) in [6, 6.07) is 8.37. The number of aliphatic carboxylic acids is 1. The molecule has 0 aliphatic heterocycles. The first-order valence-electron chi connectivity index (χ1n) is 9.05. The fourth-order valence-electron chi connectivity index (χ4n) is 2.78. The van der Waals surface area contributed by atoms with Gasteiger partial charge in [-0.3, -0.25) is 14.4 Å². The van der Waals surface area contributed by atoms with Crippen molar-refractivity contribution in [2.24, 2.45) is 5.41 Å². The van der Waals surface area contributed by atoms with Gasteiger partial charge in [-0.05, 0) is 43.9 Å². The first-order valence-corrected chi connectivity index (χ1v) is 9.05. The molecule has 1 aromatic rings. The Kier molecular flexibility index (Phi) is 9.44. The molecule has 0 aromatic heterocycles. The second-order valence-corrected chi connectivity index (χ2v) is 6.27. The molecule has 1 N–H and O–H groups in total. The summed E-state index contributed by atoms with van der Waals surface area (Å²) < 4.78 is 9.93. The van der Waals surface area contributed by atoms with E-state index in [0.717, 1.165) is 0 Å². The third-order valence-corrected chi connectivity index (χ3v) is 4.26. The number of benzene rings is 1. The van der Waals surface area contributed by atoms with Crippen molar-refractivity contribution in [3.05, 3.63) is 48.0 Å². The van der Waals surface area contributed by atoms with E-state index in [0.29, 0.717) is 24.0 Å². The molecule has 0 heterocycles. The number of esters is 2. The minimum atomic E-state index is -1.79. The number of nitrogens with zero attached hydrogens (tertiary/aromatic N) is 1. The van der Waals surface area contributed by atoms with E-state index in [2.05, 4.69) is 6.58 Å². The molecule has 0 saturated heterocycles. The van der Waals surface area contributed by atoms with Gasteiger partial charge in [-0.2, -0.15) is 5.26 Å². The SMILES string of the molecule is C=CCOC(=O)C(CCCCC(=O)OCC)(Cc1ccc(C#N)cc1)C(=O)O. The van der Waals surface area contributed by atoms with E-state index in [-0.39, 0.29) is 38.4 Å². The van der Waals surface area contributed by atoms with Gasteiger partial charge in [0.1, 0.15) is 6.61 Å². The Bertz CT molecular complexity index is 734. The molecule has 150 valence electrons. The summed E-state index contributed by atoms with van der Waals surface area (Å²) in [5.74, 6) is -2.49. The highest BCUT2D eigenvalue weighted by Crippen LogP contribution is 2.32. The van der Waals surface area contributed by atoms with E-state index < -0.39 is 17.4 Å². The van der Waals surface area contributed by atoms with Crippen LogP contribution in [0, 0.1) is 16.7 Å².